The Morgan fingerprint density at radius 2 is 1.79 bits per heavy atom. The molecule has 38 heavy (non-hydrogen) atoms. The number of amides is 3. The zero-order valence-electron chi connectivity index (χ0n) is 22.2. The van der Waals surface area contributed by atoms with Crippen molar-refractivity contribution in [1.82, 2.24) is 19.5 Å². The van der Waals surface area contributed by atoms with E-state index in [4.69, 9.17) is 0 Å². The van der Waals surface area contributed by atoms with E-state index in [1.165, 1.54) is 21.8 Å². The molecule has 1 fully saturated rings. The molecule has 3 aromatic rings. The lowest BCUT2D eigenvalue weighted by atomic mass is 9.96. The molecule has 0 aliphatic carbocycles. The third-order valence-corrected chi connectivity index (χ3v) is 9.58. The summed E-state index contributed by atoms with van der Waals surface area (Å²) in [6.07, 6.45) is 1.42. The fourth-order valence-electron chi connectivity index (χ4n) is 4.63. The molecule has 1 aromatic carbocycles. The SMILES string of the molecule is Bc1cc(S(=O)(=O)N2CCN(C(=O)c3c(NC(=O)NCC)sc4ccccc34)CC2)cnc1N(CC)CC. The average molecular weight is 557 g/mol. The summed E-state index contributed by atoms with van der Waals surface area (Å²) in [4.78, 5) is 34.2. The minimum Gasteiger partial charge on any atom is -0.358 e. The van der Waals surface area contributed by atoms with Gasteiger partial charge in [0, 0.05) is 62.1 Å². The monoisotopic (exact) mass is 556 g/mol. The van der Waals surface area contributed by atoms with Crippen LogP contribution in [-0.2, 0) is 10.0 Å². The van der Waals surface area contributed by atoms with Gasteiger partial charge in [0.25, 0.3) is 5.91 Å². The van der Waals surface area contributed by atoms with Crippen molar-refractivity contribution in [3.8, 4) is 0 Å². The number of sulfonamides is 1. The van der Waals surface area contributed by atoms with Crippen LogP contribution in [0.2, 0.25) is 0 Å². The Labute approximate surface area is 228 Å². The maximum absolute atomic E-state index is 13.6. The minimum absolute atomic E-state index is 0.155. The molecule has 202 valence electrons. The smallest absolute Gasteiger partial charge is 0.319 e. The third kappa shape index (κ3) is 5.50. The first-order chi connectivity index (χ1) is 18.2. The topological polar surface area (TPSA) is 115 Å². The molecule has 0 spiro atoms. The molecule has 1 aliphatic rings. The molecule has 0 unspecified atom stereocenters. The van der Waals surface area contributed by atoms with Crippen molar-refractivity contribution >= 4 is 67.5 Å². The van der Waals surface area contributed by atoms with Crippen LogP contribution < -0.4 is 21.0 Å². The number of carbonyl (C=O) groups is 2. The number of fused-ring (bicyclic) bond motifs is 1. The highest BCUT2D eigenvalue weighted by Crippen LogP contribution is 2.36. The van der Waals surface area contributed by atoms with E-state index in [0.29, 0.717) is 17.1 Å². The average Bonchev–Trinajstić information content (AvgIpc) is 3.27. The number of nitrogens with one attached hydrogen (secondary N) is 2. The van der Waals surface area contributed by atoms with E-state index in [2.05, 4.69) is 20.5 Å². The molecule has 0 bridgehead atoms. The van der Waals surface area contributed by atoms with Crippen molar-refractivity contribution in [2.75, 3.05) is 56.0 Å². The van der Waals surface area contributed by atoms with Crippen LogP contribution in [0, 0.1) is 0 Å². The van der Waals surface area contributed by atoms with Crippen LogP contribution in [-0.4, -0.2) is 88.2 Å². The second-order valence-electron chi connectivity index (χ2n) is 8.97. The summed E-state index contributed by atoms with van der Waals surface area (Å²) in [5.41, 5.74) is 1.24. The van der Waals surface area contributed by atoms with Gasteiger partial charge in [0.05, 0.1) is 5.56 Å². The van der Waals surface area contributed by atoms with Crippen molar-refractivity contribution in [3.63, 3.8) is 0 Å². The quantitative estimate of drug-likeness (QED) is 0.409. The van der Waals surface area contributed by atoms with Gasteiger partial charge in [-0.25, -0.2) is 18.2 Å². The van der Waals surface area contributed by atoms with Crippen LogP contribution >= 0.6 is 11.3 Å². The van der Waals surface area contributed by atoms with Gasteiger partial charge in [-0.05, 0) is 38.4 Å². The molecular weight excluding hydrogens is 523 g/mol. The molecule has 2 N–H and O–H groups in total. The summed E-state index contributed by atoms with van der Waals surface area (Å²) in [5.74, 6) is 0.553. The number of nitrogens with zero attached hydrogens (tertiary/aromatic N) is 4. The number of carbonyl (C=O) groups excluding carboxylic acids is 2. The Morgan fingerprint density at radius 3 is 2.42 bits per heavy atom. The number of urea groups is 1. The minimum atomic E-state index is -3.76. The summed E-state index contributed by atoms with van der Waals surface area (Å²) >= 11 is 1.34. The lowest BCUT2D eigenvalue weighted by Gasteiger charge is -2.34. The number of aromatic nitrogens is 1. The number of thiophene rings is 1. The van der Waals surface area contributed by atoms with Gasteiger partial charge in [0.2, 0.25) is 10.0 Å². The summed E-state index contributed by atoms with van der Waals surface area (Å²) < 4.78 is 29.1. The Bertz CT molecular complexity index is 1430. The fourth-order valence-corrected chi connectivity index (χ4v) is 7.17. The predicted octanol–water partition coefficient (Wildman–Crippen LogP) is 1.69. The lowest BCUT2D eigenvalue weighted by molar-refractivity contribution is 0.0701. The van der Waals surface area contributed by atoms with Crippen LogP contribution in [0.15, 0.2) is 41.4 Å². The highest BCUT2D eigenvalue weighted by atomic mass is 32.2. The maximum atomic E-state index is 13.6. The van der Waals surface area contributed by atoms with Gasteiger partial charge in [0.1, 0.15) is 23.6 Å². The Balaban J connectivity index is 1.52. The number of piperazine rings is 1. The number of hydrogen-bond acceptors (Lipinski definition) is 7. The van der Waals surface area contributed by atoms with E-state index < -0.39 is 10.0 Å². The van der Waals surface area contributed by atoms with Crippen molar-refractivity contribution in [2.45, 2.75) is 25.7 Å². The van der Waals surface area contributed by atoms with Gasteiger partial charge < -0.3 is 15.1 Å². The van der Waals surface area contributed by atoms with Crippen molar-refractivity contribution in [3.05, 3.63) is 42.1 Å². The second kappa shape index (κ2) is 11.7. The molecule has 4 rings (SSSR count). The first-order valence-corrected chi connectivity index (χ1v) is 15.0. The van der Waals surface area contributed by atoms with Crippen LogP contribution in [0.25, 0.3) is 10.1 Å². The highest BCUT2D eigenvalue weighted by molar-refractivity contribution is 7.89. The normalized spacial score (nSPS) is 14.4. The summed E-state index contributed by atoms with van der Waals surface area (Å²) in [6.45, 7) is 8.75. The molecule has 2 aromatic heterocycles. The van der Waals surface area contributed by atoms with Gasteiger partial charge in [-0.3, -0.25) is 10.1 Å². The number of anilines is 2. The third-order valence-electron chi connectivity index (χ3n) is 6.63. The highest BCUT2D eigenvalue weighted by Gasteiger charge is 2.33. The van der Waals surface area contributed by atoms with Crippen LogP contribution in [0.4, 0.5) is 15.6 Å². The van der Waals surface area contributed by atoms with E-state index in [9.17, 15) is 18.0 Å². The second-order valence-corrected chi connectivity index (χ2v) is 12.0. The van der Waals surface area contributed by atoms with Gasteiger partial charge in [-0.2, -0.15) is 4.31 Å². The summed E-state index contributed by atoms with van der Waals surface area (Å²) in [7, 11) is -1.89. The van der Waals surface area contributed by atoms with Gasteiger partial charge in [-0.1, -0.05) is 18.2 Å². The molecule has 0 atom stereocenters. The molecule has 13 heteroatoms. The molecule has 10 nitrogen and oxygen atoms in total. The first-order valence-electron chi connectivity index (χ1n) is 12.8. The van der Waals surface area contributed by atoms with Crippen LogP contribution in [0.1, 0.15) is 31.1 Å². The number of rotatable bonds is 8. The maximum Gasteiger partial charge on any atom is 0.319 e. The van der Waals surface area contributed by atoms with E-state index in [1.54, 1.807) is 11.0 Å². The standard InChI is InChI=1S/C25H33BN6O4S2/c1-4-27-25(34)29-23-21(18-9-7-8-10-20(18)37-23)24(33)31-11-13-32(14-12-31)38(35,36)17-15-19(26)22(28-16-17)30(5-2)6-3/h7-10,15-16H,4-6,11-14,26H2,1-3H3,(H2,27,29,34). The number of pyridine rings is 1. The van der Waals surface area contributed by atoms with Gasteiger partial charge in [0.15, 0.2) is 0 Å². The number of benzene rings is 1. The molecule has 1 saturated heterocycles. The Kier molecular flexibility index (Phi) is 8.59. The molecule has 3 amide bonds. The Hall–Kier alpha value is -3.16. The first kappa shape index (κ1) is 27.9. The van der Waals surface area contributed by atoms with E-state index >= 15 is 0 Å². The lowest BCUT2D eigenvalue weighted by Crippen LogP contribution is -2.50. The van der Waals surface area contributed by atoms with Gasteiger partial charge >= 0.3 is 6.03 Å². The van der Waals surface area contributed by atoms with Crippen molar-refractivity contribution in [2.24, 2.45) is 0 Å². The molecule has 0 saturated carbocycles. The van der Waals surface area contributed by atoms with Crippen LogP contribution in [0.3, 0.4) is 0 Å². The molecule has 1 aliphatic heterocycles. The fraction of sp³-hybridized carbons (Fsp3) is 0.400. The molecule has 0 radical (unpaired) electrons. The largest absolute Gasteiger partial charge is 0.358 e. The summed E-state index contributed by atoms with van der Waals surface area (Å²) in [5, 5.41) is 6.74. The zero-order valence-corrected chi connectivity index (χ0v) is 23.8. The van der Waals surface area contributed by atoms with E-state index in [0.717, 1.165) is 34.5 Å². The van der Waals surface area contributed by atoms with E-state index in [-0.39, 0.29) is 43.0 Å². The van der Waals surface area contributed by atoms with Crippen molar-refractivity contribution in [1.29, 1.82) is 0 Å². The summed E-state index contributed by atoms with van der Waals surface area (Å²) in [6, 6.07) is 8.81. The van der Waals surface area contributed by atoms with Gasteiger partial charge in [-0.15, -0.1) is 11.3 Å². The molecule has 3 heterocycles. The molecular formula is C25H33BN6O4S2. The predicted molar refractivity (Wildman–Crippen MR) is 155 cm³/mol. The Morgan fingerprint density at radius 1 is 1.11 bits per heavy atom. The number of hydrogen-bond donors (Lipinski definition) is 2. The van der Waals surface area contributed by atoms with Crippen LogP contribution in [0.5, 0.6) is 0 Å². The zero-order chi connectivity index (χ0) is 27.4. The van der Waals surface area contributed by atoms with E-state index in [1.807, 2.05) is 52.9 Å². The van der Waals surface area contributed by atoms with Crippen molar-refractivity contribution < 1.29 is 18.0 Å².